The summed E-state index contributed by atoms with van der Waals surface area (Å²) in [5.41, 5.74) is 1.82. The van der Waals surface area contributed by atoms with Crippen molar-refractivity contribution in [2.75, 3.05) is 11.9 Å². The number of fused-ring (bicyclic) bond motifs is 1. The molecule has 20 heavy (non-hydrogen) atoms. The van der Waals surface area contributed by atoms with Gasteiger partial charge < -0.3 is 15.2 Å². The van der Waals surface area contributed by atoms with Crippen molar-refractivity contribution < 1.29 is 14.6 Å². The average Bonchev–Trinajstić information content (AvgIpc) is 2.46. The van der Waals surface area contributed by atoms with E-state index in [0.717, 1.165) is 0 Å². The third-order valence-corrected chi connectivity index (χ3v) is 3.50. The van der Waals surface area contributed by atoms with E-state index in [0.29, 0.717) is 27.6 Å². The Labute approximate surface area is 120 Å². The largest absolute Gasteiger partial charge is 0.482 e. The molecular formula is C15H12ClNO3. The lowest BCUT2D eigenvalue weighted by Crippen LogP contribution is -2.25. The first-order valence-corrected chi connectivity index (χ1v) is 6.52. The molecule has 1 heterocycles. The molecule has 0 bridgehead atoms. The fourth-order valence-corrected chi connectivity index (χ4v) is 2.39. The second-order valence-electron chi connectivity index (χ2n) is 4.52. The summed E-state index contributed by atoms with van der Waals surface area (Å²) in [6.45, 7) is 0.0133. The highest BCUT2D eigenvalue weighted by molar-refractivity contribution is 6.31. The number of benzene rings is 2. The second kappa shape index (κ2) is 5.15. The molecule has 1 atom stereocenters. The number of aliphatic hydroxyl groups excluding tert-OH is 1. The van der Waals surface area contributed by atoms with Crippen LogP contribution in [-0.2, 0) is 4.79 Å². The Hall–Kier alpha value is -2.04. The molecule has 0 aromatic heterocycles. The predicted molar refractivity (Wildman–Crippen MR) is 76.1 cm³/mol. The van der Waals surface area contributed by atoms with Gasteiger partial charge in [0.05, 0.1) is 5.69 Å². The van der Waals surface area contributed by atoms with Crippen LogP contribution in [0.3, 0.4) is 0 Å². The Morgan fingerprint density at radius 1 is 1.25 bits per heavy atom. The summed E-state index contributed by atoms with van der Waals surface area (Å²) in [5, 5.41) is 13.6. The van der Waals surface area contributed by atoms with Crippen molar-refractivity contribution in [3.8, 4) is 5.75 Å². The maximum atomic E-state index is 11.3. The summed E-state index contributed by atoms with van der Waals surface area (Å²) in [6, 6.07) is 12.3. The van der Waals surface area contributed by atoms with Crippen LogP contribution < -0.4 is 10.1 Å². The molecule has 0 saturated carbocycles. The van der Waals surface area contributed by atoms with E-state index in [1.807, 2.05) is 6.07 Å². The molecule has 0 radical (unpaired) electrons. The van der Waals surface area contributed by atoms with Crippen molar-refractivity contribution in [2.24, 2.45) is 0 Å². The van der Waals surface area contributed by atoms with Crippen molar-refractivity contribution in [3.63, 3.8) is 0 Å². The summed E-state index contributed by atoms with van der Waals surface area (Å²) in [7, 11) is 0. The van der Waals surface area contributed by atoms with E-state index in [2.05, 4.69) is 5.32 Å². The SMILES string of the molecule is O=C1COc2ccc(C(O)c3ccccc3Cl)cc2N1. The van der Waals surface area contributed by atoms with E-state index in [-0.39, 0.29) is 12.5 Å². The van der Waals surface area contributed by atoms with Gasteiger partial charge in [0.25, 0.3) is 5.91 Å². The van der Waals surface area contributed by atoms with Gasteiger partial charge in [-0.15, -0.1) is 0 Å². The lowest BCUT2D eigenvalue weighted by molar-refractivity contribution is -0.118. The highest BCUT2D eigenvalue weighted by Crippen LogP contribution is 2.34. The van der Waals surface area contributed by atoms with Crippen molar-refractivity contribution in [2.45, 2.75) is 6.10 Å². The molecule has 0 spiro atoms. The second-order valence-corrected chi connectivity index (χ2v) is 4.92. The molecule has 1 unspecified atom stereocenters. The molecule has 102 valence electrons. The van der Waals surface area contributed by atoms with E-state index >= 15 is 0 Å². The third kappa shape index (κ3) is 2.35. The maximum Gasteiger partial charge on any atom is 0.262 e. The van der Waals surface area contributed by atoms with Gasteiger partial charge in [-0.1, -0.05) is 35.9 Å². The molecule has 2 N–H and O–H groups in total. The van der Waals surface area contributed by atoms with Gasteiger partial charge in [0.2, 0.25) is 0 Å². The zero-order valence-corrected chi connectivity index (χ0v) is 11.2. The van der Waals surface area contributed by atoms with Gasteiger partial charge in [0.1, 0.15) is 11.9 Å². The molecule has 5 heteroatoms. The van der Waals surface area contributed by atoms with Crippen molar-refractivity contribution >= 4 is 23.2 Å². The number of hydrogen-bond acceptors (Lipinski definition) is 3. The topological polar surface area (TPSA) is 58.6 Å². The van der Waals surface area contributed by atoms with Crippen LogP contribution in [0.5, 0.6) is 5.75 Å². The third-order valence-electron chi connectivity index (χ3n) is 3.15. The summed E-state index contributed by atoms with van der Waals surface area (Å²) in [4.78, 5) is 11.3. The summed E-state index contributed by atoms with van der Waals surface area (Å²) in [6.07, 6.45) is -0.854. The molecule has 0 saturated heterocycles. The number of ether oxygens (including phenoxy) is 1. The van der Waals surface area contributed by atoms with Gasteiger partial charge in [-0.25, -0.2) is 0 Å². The van der Waals surface area contributed by atoms with E-state index < -0.39 is 6.10 Å². The van der Waals surface area contributed by atoms with Crippen LogP contribution in [-0.4, -0.2) is 17.6 Å². The van der Waals surface area contributed by atoms with Gasteiger partial charge in [0.15, 0.2) is 6.61 Å². The minimum Gasteiger partial charge on any atom is -0.482 e. The highest BCUT2D eigenvalue weighted by Gasteiger charge is 2.19. The first-order chi connectivity index (χ1) is 9.65. The molecule has 1 amide bonds. The molecule has 2 aromatic carbocycles. The monoisotopic (exact) mass is 289 g/mol. The first kappa shape index (κ1) is 13.0. The molecule has 4 nitrogen and oxygen atoms in total. The smallest absolute Gasteiger partial charge is 0.262 e. The number of carbonyl (C=O) groups is 1. The number of carbonyl (C=O) groups excluding carboxylic acids is 1. The predicted octanol–water partition coefficient (Wildman–Crippen LogP) is 2.75. The van der Waals surface area contributed by atoms with E-state index in [9.17, 15) is 9.90 Å². The Morgan fingerprint density at radius 2 is 2.05 bits per heavy atom. The number of nitrogens with one attached hydrogen (secondary N) is 1. The van der Waals surface area contributed by atoms with Gasteiger partial charge >= 0.3 is 0 Å². The lowest BCUT2D eigenvalue weighted by Gasteiger charge is -2.20. The zero-order chi connectivity index (χ0) is 14.1. The van der Waals surface area contributed by atoms with E-state index in [4.69, 9.17) is 16.3 Å². The average molecular weight is 290 g/mol. The molecule has 2 aromatic rings. The van der Waals surface area contributed by atoms with Crippen LogP contribution >= 0.6 is 11.6 Å². The molecule has 1 aliphatic rings. The minimum absolute atomic E-state index is 0.0133. The van der Waals surface area contributed by atoms with Crippen molar-refractivity contribution in [3.05, 3.63) is 58.6 Å². The maximum absolute atomic E-state index is 11.3. The van der Waals surface area contributed by atoms with Crippen LogP contribution in [0.15, 0.2) is 42.5 Å². The van der Waals surface area contributed by atoms with Gasteiger partial charge in [-0.3, -0.25) is 4.79 Å². The van der Waals surface area contributed by atoms with Gasteiger partial charge in [0, 0.05) is 10.6 Å². The number of rotatable bonds is 2. The highest BCUT2D eigenvalue weighted by atomic mass is 35.5. The van der Waals surface area contributed by atoms with Gasteiger partial charge in [-0.05, 0) is 23.8 Å². The van der Waals surface area contributed by atoms with Crippen LogP contribution in [0, 0.1) is 0 Å². The number of aliphatic hydroxyl groups is 1. The van der Waals surface area contributed by atoms with Crippen LogP contribution in [0.4, 0.5) is 5.69 Å². The number of halogens is 1. The quantitative estimate of drug-likeness (QED) is 0.894. The molecule has 0 fully saturated rings. The normalized spacial score (nSPS) is 15.0. The number of hydrogen-bond donors (Lipinski definition) is 2. The lowest BCUT2D eigenvalue weighted by atomic mass is 10.0. The summed E-state index contributed by atoms with van der Waals surface area (Å²) < 4.78 is 5.28. The van der Waals surface area contributed by atoms with Gasteiger partial charge in [-0.2, -0.15) is 0 Å². The number of anilines is 1. The zero-order valence-electron chi connectivity index (χ0n) is 10.5. The Morgan fingerprint density at radius 3 is 2.85 bits per heavy atom. The van der Waals surface area contributed by atoms with E-state index in [1.54, 1.807) is 36.4 Å². The van der Waals surface area contributed by atoms with Crippen molar-refractivity contribution in [1.82, 2.24) is 0 Å². The minimum atomic E-state index is -0.854. The van der Waals surface area contributed by atoms with Crippen LogP contribution in [0.1, 0.15) is 17.2 Å². The fraction of sp³-hybridized carbons (Fsp3) is 0.133. The van der Waals surface area contributed by atoms with Crippen LogP contribution in [0.2, 0.25) is 5.02 Å². The summed E-state index contributed by atoms with van der Waals surface area (Å²) in [5.74, 6) is 0.390. The Balaban J connectivity index is 1.97. The standard InChI is InChI=1S/C15H12ClNO3/c16-11-4-2-1-3-10(11)15(19)9-5-6-13-12(7-9)17-14(18)8-20-13/h1-7,15,19H,8H2,(H,17,18). The molecule has 3 rings (SSSR count). The summed E-state index contributed by atoms with van der Waals surface area (Å²) >= 11 is 6.08. The van der Waals surface area contributed by atoms with E-state index in [1.165, 1.54) is 0 Å². The fourth-order valence-electron chi connectivity index (χ4n) is 2.15. The molecule has 1 aliphatic heterocycles. The molecule has 0 aliphatic carbocycles. The first-order valence-electron chi connectivity index (χ1n) is 6.14. The Bertz CT molecular complexity index is 672. The number of amides is 1. The molecular weight excluding hydrogens is 278 g/mol. The van der Waals surface area contributed by atoms with Crippen molar-refractivity contribution in [1.29, 1.82) is 0 Å². The Kier molecular flexibility index (Phi) is 3.34. The van der Waals surface area contributed by atoms with Crippen LogP contribution in [0.25, 0.3) is 0 Å².